The van der Waals surface area contributed by atoms with Crippen molar-refractivity contribution in [3.8, 4) is 5.75 Å². The van der Waals surface area contributed by atoms with Gasteiger partial charge in [0.25, 0.3) is 0 Å². The Morgan fingerprint density at radius 2 is 1.55 bits per heavy atom. The van der Waals surface area contributed by atoms with Gasteiger partial charge in [0.15, 0.2) is 0 Å². The van der Waals surface area contributed by atoms with Crippen molar-refractivity contribution in [1.82, 2.24) is 4.90 Å². The Labute approximate surface area is 129 Å². The van der Waals surface area contributed by atoms with E-state index in [1.807, 2.05) is 24.3 Å². The molecule has 20 heavy (non-hydrogen) atoms. The summed E-state index contributed by atoms with van der Waals surface area (Å²) in [5.74, 6) is 0.794. The van der Waals surface area contributed by atoms with Gasteiger partial charge in [0.1, 0.15) is 5.75 Å². The molecular formula is C17H28ClNO. The number of halogens is 1. The summed E-state index contributed by atoms with van der Waals surface area (Å²) in [6.07, 6.45) is 6.15. The van der Waals surface area contributed by atoms with Gasteiger partial charge in [-0.15, -0.1) is 0 Å². The molecule has 1 aromatic carbocycles. The van der Waals surface area contributed by atoms with E-state index in [1.54, 1.807) is 0 Å². The molecule has 0 heterocycles. The highest BCUT2D eigenvalue weighted by Gasteiger charge is 2.04. The van der Waals surface area contributed by atoms with Crippen molar-refractivity contribution in [2.24, 2.45) is 0 Å². The first-order valence-corrected chi connectivity index (χ1v) is 8.25. The quantitative estimate of drug-likeness (QED) is 0.532. The maximum absolute atomic E-state index is 6.07. The van der Waals surface area contributed by atoms with Gasteiger partial charge in [-0.05, 0) is 44.5 Å². The van der Waals surface area contributed by atoms with Crippen molar-refractivity contribution < 1.29 is 4.74 Å². The molecule has 0 N–H and O–H groups in total. The van der Waals surface area contributed by atoms with Crippen molar-refractivity contribution in [2.75, 3.05) is 26.2 Å². The zero-order chi connectivity index (χ0) is 14.6. The van der Waals surface area contributed by atoms with E-state index in [1.165, 1.54) is 38.8 Å². The number of benzene rings is 1. The second-order valence-electron chi connectivity index (χ2n) is 5.18. The molecule has 0 bridgehead atoms. The molecule has 0 amide bonds. The van der Waals surface area contributed by atoms with E-state index < -0.39 is 0 Å². The van der Waals surface area contributed by atoms with Gasteiger partial charge in [-0.3, -0.25) is 0 Å². The fourth-order valence-corrected chi connectivity index (χ4v) is 2.32. The van der Waals surface area contributed by atoms with Crippen molar-refractivity contribution in [2.45, 2.75) is 46.0 Å². The number of unbranched alkanes of at least 4 members (excludes halogenated alkanes) is 2. The van der Waals surface area contributed by atoms with Crippen molar-refractivity contribution in [1.29, 1.82) is 0 Å². The van der Waals surface area contributed by atoms with Crippen LogP contribution in [0.5, 0.6) is 5.75 Å². The van der Waals surface area contributed by atoms with Crippen LogP contribution in [0.4, 0.5) is 0 Å². The average Bonchev–Trinajstić information content (AvgIpc) is 2.47. The lowest BCUT2D eigenvalue weighted by molar-refractivity contribution is 0.229. The largest absolute Gasteiger partial charge is 0.492 e. The molecule has 0 saturated heterocycles. The number of hydrogen-bond acceptors (Lipinski definition) is 2. The maximum Gasteiger partial charge on any atom is 0.137 e. The number of rotatable bonds is 11. The minimum Gasteiger partial charge on any atom is -0.492 e. The normalized spacial score (nSPS) is 11.0. The molecule has 0 aromatic heterocycles. The summed E-state index contributed by atoms with van der Waals surface area (Å²) in [6.45, 7) is 8.77. The number of nitrogens with zero attached hydrogens (tertiary/aromatic N) is 1. The van der Waals surface area contributed by atoms with E-state index >= 15 is 0 Å². The maximum atomic E-state index is 6.07. The average molecular weight is 298 g/mol. The summed E-state index contributed by atoms with van der Waals surface area (Å²) in [6, 6.07) is 7.67. The van der Waals surface area contributed by atoms with Gasteiger partial charge < -0.3 is 9.64 Å². The SMILES string of the molecule is CCCCN(CCCC)CCCOc1ccccc1Cl. The minimum atomic E-state index is 0.696. The van der Waals surface area contributed by atoms with Crippen LogP contribution >= 0.6 is 11.6 Å². The number of ether oxygens (including phenoxy) is 1. The first kappa shape index (κ1) is 17.3. The van der Waals surface area contributed by atoms with Gasteiger partial charge in [-0.25, -0.2) is 0 Å². The van der Waals surface area contributed by atoms with Crippen LogP contribution in [0, 0.1) is 0 Å². The molecule has 0 aliphatic carbocycles. The molecule has 0 fully saturated rings. The smallest absolute Gasteiger partial charge is 0.137 e. The summed E-state index contributed by atoms with van der Waals surface area (Å²) in [4.78, 5) is 2.56. The van der Waals surface area contributed by atoms with Crippen LogP contribution in [-0.2, 0) is 0 Å². The molecule has 0 aliphatic heterocycles. The molecule has 0 unspecified atom stereocenters. The zero-order valence-corrected chi connectivity index (χ0v) is 13.7. The Kier molecular flexibility index (Phi) is 9.52. The lowest BCUT2D eigenvalue weighted by Crippen LogP contribution is -2.28. The van der Waals surface area contributed by atoms with Crippen LogP contribution in [0.2, 0.25) is 5.02 Å². The number of hydrogen-bond donors (Lipinski definition) is 0. The first-order chi connectivity index (χ1) is 9.77. The van der Waals surface area contributed by atoms with Crippen LogP contribution in [-0.4, -0.2) is 31.1 Å². The van der Waals surface area contributed by atoms with E-state index in [2.05, 4.69) is 18.7 Å². The molecule has 0 radical (unpaired) electrons. The topological polar surface area (TPSA) is 12.5 Å². The summed E-state index contributed by atoms with van der Waals surface area (Å²) in [5.41, 5.74) is 0. The highest BCUT2D eigenvalue weighted by atomic mass is 35.5. The van der Waals surface area contributed by atoms with Crippen molar-refractivity contribution in [3.05, 3.63) is 29.3 Å². The Balaban J connectivity index is 2.23. The highest BCUT2D eigenvalue weighted by molar-refractivity contribution is 6.32. The molecular weight excluding hydrogens is 270 g/mol. The predicted octanol–water partition coefficient (Wildman–Crippen LogP) is 5.01. The third-order valence-electron chi connectivity index (χ3n) is 3.37. The fourth-order valence-electron chi connectivity index (χ4n) is 2.13. The molecule has 114 valence electrons. The molecule has 2 nitrogen and oxygen atoms in total. The third-order valence-corrected chi connectivity index (χ3v) is 3.68. The summed E-state index contributed by atoms with van der Waals surface area (Å²) in [7, 11) is 0. The molecule has 3 heteroatoms. The molecule has 1 rings (SSSR count). The summed E-state index contributed by atoms with van der Waals surface area (Å²) in [5, 5.41) is 0.696. The van der Waals surface area contributed by atoms with Crippen LogP contribution in [0.25, 0.3) is 0 Å². The van der Waals surface area contributed by atoms with Gasteiger partial charge >= 0.3 is 0 Å². The lowest BCUT2D eigenvalue weighted by atomic mass is 10.2. The summed E-state index contributed by atoms with van der Waals surface area (Å²) < 4.78 is 5.74. The molecule has 0 atom stereocenters. The van der Waals surface area contributed by atoms with Gasteiger partial charge in [-0.2, -0.15) is 0 Å². The van der Waals surface area contributed by atoms with E-state index in [4.69, 9.17) is 16.3 Å². The van der Waals surface area contributed by atoms with Crippen molar-refractivity contribution in [3.63, 3.8) is 0 Å². The van der Waals surface area contributed by atoms with Crippen LogP contribution in [0.15, 0.2) is 24.3 Å². The zero-order valence-electron chi connectivity index (χ0n) is 12.9. The highest BCUT2D eigenvalue weighted by Crippen LogP contribution is 2.23. The van der Waals surface area contributed by atoms with Gasteiger partial charge in [0.05, 0.1) is 11.6 Å². The summed E-state index contributed by atoms with van der Waals surface area (Å²) >= 11 is 6.07. The van der Waals surface area contributed by atoms with E-state index in [0.717, 1.165) is 25.3 Å². The molecule has 0 aliphatic rings. The van der Waals surface area contributed by atoms with Crippen LogP contribution < -0.4 is 4.74 Å². The van der Waals surface area contributed by atoms with E-state index in [0.29, 0.717) is 5.02 Å². The number of para-hydroxylation sites is 1. The van der Waals surface area contributed by atoms with E-state index in [-0.39, 0.29) is 0 Å². The van der Waals surface area contributed by atoms with Crippen LogP contribution in [0.1, 0.15) is 46.0 Å². The molecule has 1 aromatic rings. The van der Waals surface area contributed by atoms with E-state index in [9.17, 15) is 0 Å². The second kappa shape index (κ2) is 11.0. The van der Waals surface area contributed by atoms with Crippen molar-refractivity contribution >= 4 is 11.6 Å². The monoisotopic (exact) mass is 297 g/mol. The lowest BCUT2D eigenvalue weighted by Gasteiger charge is -2.21. The van der Waals surface area contributed by atoms with Gasteiger partial charge in [-0.1, -0.05) is 50.4 Å². The Morgan fingerprint density at radius 1 is 0.950 bits per heavy atom. The standard InChI is InChI=1S/C17H28ClNO/c1-3-5-12-19(13-6-4-2)14-9-15-20-17-11-8-7-10-16(17)18/h7-8,10-11H,3-6,9,12-15H2,1-2H3. The first-order valence-electron chi connectivity index (χ1n) is 7.87. The molecule has 0 saturated carbocycles. The Hall–Kier alpha value is -0.730. The molecule has 0 spiro atoms. The van der Waals surface area contributed by atoms with Gasteiger partial charge in [0.2, 0.25) is 0 Å². The fraction of sp³-hybridized carbons (Fsp3) is 0.647. The third kappa shape index (κ3) is 7.16. The van der Waals surface area contributed by atoms with Gasteiger partial charge in [0, 0.05) is 6.54 Å². The Morgan fingerprint density at radius 3 is 2.15 bits per heavy atom. The Bertz CT molecular complexity index is 349. The minimum absolute atomic E-state index is 0.696. The van der Waals surface area contributed by atoms with Crippen LogP contribution in [0.3, 0.4) is 0 Å². The predicted molar refractivity (Wildman–Crippen MR) is 87.8 cm³/mol. The second-order valence-corrected chi connectivity index (χ2v) is 5.59.